The molecule has 0 heterocycles. The summed E-state index contributed by atoms with van der Waals surface area (Å²) in [5.41, 5.74) is 4.03. The summed E-state index contributed by atoms with van der Waals surface area (Å²) in [5, 5.41) is 4.87. The highest BCUT2D eigenvalue weighted by Gasteiger charge is 2.08. The van der Waals surface area contributed by atoms with Crippen LogP contribution >= 0.6 is 23.2 Å². The van der Waals surface area contributed by atoms with Crippen molar-refractivity contribution >= 4 is 47.4 Å². The molecule has 162 valence electrons. The van der Waals surface area contributed by atoms with Gasteiger partial charge in [0, 0.05) is 27.2 Å². The number of hydrogen-bond donors (Lipinski definition) is 1. The number of hydrazone groups is 1. The van der Waals surface area contributed by atoms with Crippen LogP contribution in [0, 0.1) is 0 Å². The molecule has 0 spiro atoms. The lowest BCUT2D eigenvalue weighted by molar-refractivity contribution is -0.128. The molecule has 3 rings (SSSR count). The van der Waals surface area contributed by atoms with Gasteiger partial charge in [-0.2, -0.15) is 5.10 Å². The van der Waals surface area contributed by atoms with Crippen LogP contribution in [0.1, 0.15) is 21.5 Å². The van der Waals surface area contributed by atoms with Gasteiger partial charge in [-0.1, -0.05) is 35.3 Å². The van der Waals surface area contributed by atoms with E-state index >= 15 is 0 Å². The van der Waals surface area contributed by atoms with E-state index in [1.54, 1.807) is 67.8 Å². The first-order valence-electron chi connectivity index (χ1n) is 9.37. The summed E-state index contributed by atoms with van der Waals surface area (Å²) < 4.78 is 10.5. The third kappa shape index (κ3) is 6.70. The number of rotatable bonds is 7. The van der Waals surface area contributed by atoms with Crippen molar-refractivity contribution in [2.45, 2.75) is 0 Å². The summed E-state index contributed by atoms with van der Waals surface area (Å²) in [4.78, 5) is 24.4. The number of methoxy groups -OCH3 is 1. The van der Waals surface area contributed by atoms with Crippen molar-refractivity contribution in [3.8, 4) is 11.5 Å². The molecule has 1 amide bonds. The number of nitrogens with one attached hydrogen (secondary N) is 1. The van der Waals surface area contributed by atoms with E-state index in [4.69, 9.17) is 32.7 Å². The zero-order chi connectivity index (χ0) is 22.9. The average Bonchev–Trinajstić information content (AvgIpc) is 2.80. The SMILES string of the molecule is COc1ccc(/C=C/C(=O)Oc2ccc(Cl)cc2/C=N/NC(=O)c2ccc(Cl)cc2)cc1. The van der Waals surface area contributed by atoms with E-state index in [1.165, 1.54) is 12.3 Å². The summed E-state index contributed by atoms with van der Waals surface area (Å²) in [6.07, 6.45) is 4.27. The molecule has 0 aromatic heterocycles. The summed E-state index contributed by atoms with van der Waals surface area (Å²) in [5.74, 6) is -0.0369. The van der Waals surface area contributed by atoms with Gasteiger partial charge in [-0.15, -0.1) is 0 Å². The molecule has 0 aliphatic rings. The zero-order valence-electron chi connectivity index (χ0n) is 16.9. The van der Waals surface area contributed by atoms with E-state index < -0.39 is 11.9 Å². The molecule has 0 saturated heterocycles. The maximum Gasteiger partial charge on any atom is 0.336 e. The molecule has 0 fully saturated rings. The largest absolute Gasteiger partial charge is 0.497 e. The van der Waals surface area contributed by atoms with E-state index in [9.17, 15) is 9.59 Å². The molecule has 1 N–H and O–H groups in total. The monoisotopic (exact) mass is 468 g/mol. The van der Waals surface area contributed by atoms with Crippen LogP contribution in [0.2, 0.25) is 10.0 Å². The van der Waals surface area contributed by atoms with Gasteiger partial charge in [-0.25, -0.2) is 10.2 Å². The Morgan fingerprint density at radius 1 is 0.938 bits per heavy atom. The predicted molar refractivity (Wildman–Crippen MR) is 126 cm³/mol. The molecule has 0 bridgehead atoms. The molecule has 6 nitrogen and oxygen atoms in total. The van der Waals surface area contributed by atoms with Gasteiger partial charge >= 0.3 is 5.97 Å². The molecule has 0 aliphatic carbocycles. The van der Waals surface area contributed by atoms with Gasteiger partial charge < -0.3 is 9.47 Å². The molecule has 0 aliphatic heterocycles. The van der Waals surface area contributed by atoms with Gasteiger partial charge in [0.15, 0.2) is 0 Å². The highest BCUT2D eigenvalue weighted by molar-refractivity contribution is 6.31. The number of esters is 1. The first-order chi connectivity index (χ1) is 15.4. The van der Waals surface area contributed by atoms with Crippen molar-refractivity contribution < 1.29 is 19.1 Å². The quantitative estimate of drug-likeness (QED) is 0.166. The lowest BCUT2D eigenvalue weighted by Gasteiger charge is -2.06. The lowest BCUT2D eigenvalue weighted by Crippen LogP contribution is -2.17. The number of ether oxygens (including phenoxy) is 2. The smallest absolute Gasteiger partial charge is 0.336 e. The minimum Gasteiger partial charge on any atom is -0.497 e. The van der Waals surface area contributed by atoms with Crippen molar-refractivity contribution in [3.63, 3.8) is 0 Å². The molecular weight excluding hydrogens is 451 g/mol. The van der Waals surface area contributed by atoms with Crippen LogP contribution in [0.4, 0.5) is 0 Å². The third-order valence-electron chi connectivity index (χ3n) is 4.19. The van der Waals surface area contributed by atoms with Crippen LogP contribution in [0.15, 0.2) is 77.9 Å². The van der Waals surface area contributed by atoms with Crippen molar-refractivity contribution in [1.82, 2.24) is 5.43 Å². The minimum absolute atomic E-state index is 0.239. The van der Waals surface area contributed by atoms with Crippen LogP contribution in [-0.4, -0.2) is 25.2 Å². The summed E-state index contributed by atoms with van der Waals surface area (Å²) in [7, 11) is 1.58. The third-order valence-corrected chi connectivity index (χ3v) is 4.67. The Balaban J connectivity index is 1.66. The Morgan fingerprint density at radius 3 is 2.31 bits per heavy atom. The highest BCUT2D eigenvalue weighted by Crippen LogP contribution is 2.22. The normalized spacial score (nSPS) is 11.0. The van der Waals surface area contributed by atoms with E-state index in [1.807, 2.05) is 12.1 Å². The number of carbonyl (C=O) groups is 2. The van der Waals surface area contributed by atoms with Crippen molar-refractivity contribution in [3.05, 3.63) is 99.5 Å². The second-order valence-corrected chi connectivity index (χ2v) is 7.29. The molecule has 3 aromatic carbocycles. The minimum atomic E-state index is -0.581. The van der Waals surface area contributed by atoms with Crippen LogP contribution < -0.4 is 14.9 Å². The maximum absolute atomic E-state index is 12.2. The Labute approximate surface area is 195 Å². The Morgan fingerprint density at radius 2 is 1.62 bits per heavy atom. The van der Waals surface area contributed by atoms with Crippen LogP contribution in [0.5, 0.6) is 11.5 Å². The number of halogens is 2. The molecule has 0 radical (unpaired) electrons. The van der Waals surface area contributed by atoms with E-state index in [0.717, 1.165) is 11.3 Å². The van der Waals surface area contributed by atoms with Gasteiger partial charge in [0.1, 0.15) is 11.5 Å². The van der Waals surface area contributed by atoms with Crippen molar-refractivity contribution in [2.24, 2.45) is 5.10 Å². The fraction of sp³-hybridized carbons (Fsp3) is 0.0417. The highest BCUT2D eigenvalue weighted by atomic mass is 35.5. The summed E-state index contributed by atoms with van der Waals surface area (Å²) >= 11 is 11.9. The van der Waals surface area contributed by atoms with Crippen molar-refractivity contribution in [1.29, 1.82) is 0 Å². The fourth-order valence-corrected chi connectivity index (χ4v) is 2.87. The Kier molecular flexibility index (Phi) is 8.02. The topological polar surface area (TPSA) is 77.0 Å². The van der Waals surface area contributed by atoms with Gasteiger partial charge in [-0.05, 0) is 66.2 Å². The second kappa shape index (κ2) is 11.1. The number of carbonyl (C=O) groups excluding carboxylic acids is 2. The van der Waals surface area contributed by atoms with Crippen LogP contribution in [-0.2, 0) is 4.79 Å². The lowest BCUT2D eigenvalue weighted by atomic mass is 10.2. The Bertz CT molecular complexity index is 1160. The van der Waals surface area contributed by atoms with Gasteiger partial charge in [0.25, 0.3) is 5.91 Å². The van der Waals surface area contributed by atoms with E-state index in [0.29, 0.717) is 21.2 Å². The van der Waals surface area contributed by atoms with E-state index in [-0.39, 0.29) is 5.75 Å². The fourth-order valence-electron chi connectivity index (χ4n) is 2.56. The molecule has 0 unspecified atom stereocenters. The average molecular weight is 469 g/mol. The maximum atomic E-state index is 12.2. The molecule has 0 saturated carbocycles. The van der Waals surface area contributed by atoms with Gasteiger partial charge in [0.05, 0.1) is 13.3 Å². The molecule has 0 atom stereocenters. The standard InChI is InChI=1S/C24H18Cl2N2O4/c1-31-21-10-2-16(3-11-21)4-13-23(29)32-22-12-9-20(26)14-18(22)15-27-28-24(30)17-5-7-19(25)8-6-17/h2-15H,1H3,(H,28,30)/b13-4+,27-15+. The summed E-state index contributed by atoms with van der Waals surface area (Å²) in [6.45, 7) is 0. The molecular formula is C24H18Cl2N2O4. The second-order valence-electron chi connectivity index (χ2n) is 6.42. The van der Waals surface area contributed by atoms with E-state index in [2.05, 4.69) is 10.5 Å². The predicted octanol–water partition coefficient (Wildman–Crippen LogP) is 5.38. The number of benzene rings is 3. The molecule has 32 heavy (non-hydrogen) atoms. The first kappa shape index (κ1) is 23.1. The van der Waals surface area contributed by atoms with Gasteiger partial charge in [0.2, 0.25) is 0 Å². The number of hydrogen-bond acceptors (Lipinski definition) is 5. The summed E-state index contributed by atoms with van der Waals surface area (Å²) in [6, 6.07) is 18.3. The zero-order valence-corrected chi connectivity index (χ0v) is 18.4. The van der Waals surface area contributed by atoms with Crippen LogP contribution in [0.25, 0.3) is 6.08 Å². The van der Waals surface area contributed by atoms with Gasteiger partial charge in [-0.3, -0.25) is 4.79 Å². The first-order valence-corrected chi connectivity index (χ1v) is 10.1. The number of nitrogens with zero attached hydrogens (tertiary/aromatic N) is 1. The molecule has 3 aromatic rings. The van der Waals surface area contributed by atoms with Crippen LogP contribution in [0.3, 0.4) is 0 Å². The number of amides is 1. The van der Waals surface area contributed by atoms with Crippen molar-refractivity contribution in [2.75, 3.05) is 7.11 Å². The Hall–Kier alpha value is -3.61. The molecule has 8 heteroatoms.